The van der Waals surface area contributed by atoms with Gasteiger partial charge in [-0.15, -0.1) is 0 Å². The summed E-state index contributed by atoms with van der Waals surface area (Å²) in [6, 6.07) is 22.7. The van der Waals surface area contributed by atoms with Crippen molar-refractivity contribution in [3.63, 3.8) is 0 Å². The molecule has 322 valence electrons. The Morgan fingerprint density at radius 1 is 0.456 bits per heavy atom. The van der Waals surface area contributed by atoms with E-state index in [2.05, 4.69) is 98.4 Å². The molecule has 0 aliphatic rings. The van der Waals surface area contributed by atoms with Crippen molar-refractivity contribution < 1.29 is 0 Å². The van der Waals surface area contributed by atoms with Crippen molar-refractivity contribution in [3.8, 4) is 0 Å². The number of imidazole rings is 1. The van der Waals surface area contributed by atoms with Crippen molar-refractivity contribution >= 4 is 0 Å². The van der Waals surface area contributed by atoms with E-state index in [4.69, 9.17) is 4.98 Å². The fourth-order valence-electron chi connectivity index (χ4n) is 9.54. The zero-order valence-electron chi connectivity index (χ0n) is 38.1. The summed E-state index contributed by atoms with van der Waals surface area (Å²) in [5.41, 5.74) is 2.85. The number of unbranched alkanes of at least 4 members (excludes halogenated alkanes) is 30. The molecule has 2 heteroatoms. The van der Waals surface area contributed by atoms with Crippen LogP contribution in [-0.4, -0.2) is 9.55 Å². The smallest absolute Gasteiger partial charge is 0.112 e. The summed E-state index contributed by atoms with van der Waals surface area (Å²) in [7, 11) is 0. The quantitative estimate of drug-likeness (QED) is 0.0527. The highest BCUT2D eigenvalue weighted by molar-refractivity contribution is 5.33. The third-order valence-electron chi connectivity index (χ3n) is 13.3. The monoisotopic (exact) mass is 781 g/mol. The summed E-state index contributed by atoms with van der Waals surface area (Å²) in [5, 5.41) is 0. The van der Waals surface area contributed by atoms with Gasteiger partial charge in [0.1, 0.15) is 5.82 Å². The van der Waals surface area contributed by atoms with Crippen LogP contribution in [0.2, 0.25) is 0 Å². The molecule has 0 saturated carbocycles. The second-order valence-electron chi connectivity index (χ2n) is 18.4. The fraction of sp³-hybridized carbons (Fsp3) is 0.727. The maximum Gasteiger partial charge on any atom is 0.112 e. The van der Waals surface area contributed by atoms with Crippen molar-refractivity contribution in [3.05, 3.63) is 90.0 Å². The Balaban J connectivity index is 1.44. The first-order valence-corrected chi connectivity index (χ1v) is 25.3. The summed E-state index contributed by atoms with van der Waals surface area (Å²) in [6.07, 6.45) is 51.9. The number of rotatable bonds is 39. The molecule has 0 saturated heterocycles. The van der Waals surface area contributed by atoms with E-state index < -0.39 is 0 Å². The van der Waals surface area contributed by atoms with Gasteiger partial charge in [0.15, 0.2) is 0 Å². The number of aryl methyl sites for hydroxylation is 1. The average Bonchev–Trinajstić information content (AvgIpc) is 3.70. The maximum absolute atomic E-state index is 5.20. The third kappa shape index (κ3) is 22.0. The van der Waals surface area contributed by atoms with Gasteiger partial charge in [-0.05, 0) is 30.4 Å². The molecule has 2 unspecified atom stereocenters. The lowest BCUT2D eigenvalue weighted by Gasteiger charge is -2.39. The van der Waals surface area contributed by atoms with Crippen LogP contribution < -0.4 is 0 Å². The van der Waals surface area contributed by atoms with Crippen LogP contribution in [-0.2, 0) is 18.4 Å². The van der Waals surface area contributed by atoms with Crippen molar-refractivity contribution in [1.29, 1.82) is 0 Å². The van der Waals surface area contributed by atoms with Crippen LogP contribution >= 0.6 is 0 Å². The van der Waals surface area contributed by atoms with Crippen LogP contribution in [0, 0.1) is 0 Å². The predicted octanol–water partition coefficient (Wildman–Crippen LogP) is 18.1. The van der Waals surface area contributed by atoms with Crippen molar-refractivity contribution in [2.24, 2.45) is 0 Å². The highest BCUT2D eigenvalue weighted by Crippen LogP contribution is 2.44. The minimum atomic E-state index is -0.0319. The third-order valence-corrected chi connectivity index (χ3v) is 13.3. The molecule has 1 aromatic heterocycles. The Bertz CT molecular complexity index is 1280. The molecule has 2 atom stereocenters. The van der Waals surface area contributed by atoms with Gasteiger partial charge in [-0.1, -0.05) is 280 Å². The first kappa shape index (κ1) is 49.0. The largest absolute Gasteiger partial charge is 0.335 e. The van der Waals surface area contributed by atoms with Gasteiger partial charge in [0.25, 0.3) is 0 Å². The normalized spacial score (nSPS) is 13.2. The van der Waals surface area contributed by atoms with Gasteiger partial charge in [-0.2, -0.15) is 0 Å². The van der Waals surface area contributed by atoms with Crippen LogP contribution in [0.1, 0.15) is 256 Å². The van der Waals surface area contributed by atoms with Gasteiger partial charge in [-0.3, -0.25) is 0 Å². The van der Waals surface area contributed by atoms with Crippen molar-refractivity contribution in [2.45, 2.75) is 257 Å². The molecule has 0 fully saturated rings. The summed E-state index contributed by atoms with van der Waals surface area (Å²) >= 11 is 0. The molecule has 0 bridgehead atoms. The molecule has 2 nitrogen and oxygen atoms in total. The number of nitrogens with zero attached hydrogens (tertiary/aromatic N) is 2. The summed E-state index contributed by atoms with van der Waals surface area (Å²) in [6.45, 7) is 8.26. The Kier molecular flexibility index (Phi) is 28.8. The predicted molar refractivity (Wildman–Crippen MR) is 253 cm³/mol. The lowest BCUT2D eigenvalue weighted by atomic mass is 9.66. The molecule has 0 N–H and O–H groups in total. The van der Waals surface area contributed by atoms with Gasteiger partial charge in [0.2, 0.25) is 0 Å². The van der Waals surface area contributed by atoms with E-state index in [0.29, 0.717) is 5.92 Å². The highest BCUT2D eigenvalue weighted by Gasteiger charge is 2.39. The standard InChI is InChI=1S/C55H92N2/c1-4-6-8-10-12-14-16-18-20-21-22-24-26-28-30-32-40-46-53(55(3,52-44-38-35-39-45-52)50-51-42-36-34-37-43-51)54-56-47-49-57(54)48-41-33-31-29-27-25-23-19-17-15-13-11-9-7-5-2/h34-39,42-45,47,49,53H,4-33,40-41,46,48,50H2,1-3H3. The van der Waals surface area contributed by atoms with Crippen LogP contribution in [0.15, 0.2) is 73.1 Å². The molecular formula is C55H92N2. The van der Waals surface area contributed by atoms with Crippen molar-refractivity contribution in [1.82, 2.24) is 9.55 Å². The topological polar surface area (TPSA) is 17.8 Å². The fourth-order valence-corrected chi connectivity index (χ4v) is 9.54. The van der Waals surface area contributed by atoms with E-state index in [1.165, 1.54) is 229 Å². The van der Waals surface area contributed by atoms with E-state index in [-0.39, 0.29) is 5.41 Å². The van der Waals surface area contributed by atoms with Crippen LogP contribution in [0.5, 0.6) is 0 Å². The molecule has 3 rings (SSSR count). The van der Waals surface area contributed by atoms with Gasteiger partial charge in [0.05, 0.1) is 0 Å². The lowest BCUT2D eigenvalue weighted by Crippen LogP contribution is -2.35. The van der Waals surface area contributed by atoms with E-state index in [1.807, 2.05) is 0 Å². The molecule has 0 amide bonds. The number of aromatic nitrogens is 2. The summed E-state index contributed by atoms with van der Waals surface area (Å²) < 4.78 is 2.55. The second-order valence-corrected chi connectivity index (χ2v) is 18.4. The lowest BCUT2D eigenvalue weighted by molar-refractivity contribution is 0.321. The Morgan fingerprint density at radius 3 is 1.25 bits per heavy atom. The van der Waals surface area contributed by atoms with Crippen LogP contribution in [0.3, 0.4) is 0 Å². The Morgan fingerprint density at radius 2 is 0.825 bits per heavy atom. The van der Waals surface area contributed by atoms with E-state index in [9.17, 15) is 0 Å². The summed E-state index contributed by atoms with van der Waals surface area (Å²) in [4.78, 5) is 5.20. The maximum atomic E-state index is 5.20. The van der Waals surface area contributed by atoms with Crippen LogP contribution in [0.4, 0.5) is 0 Å². The molecular weight excluding hydrogens is 689 g/mol. The second kappa shape index (κ2) is 33.5. The van der Waals surface area contributed by atoms with Gasteiger partial charge in [0, 0.05) is 30.3 Å². The minimum absolute atomic E-state index is 0.0319. The molecule has 57 heavy (non-hydrogen) atoms. The van der Waals surface area contributed by atoms with Gasteiger partial charge in [-0.25, -0.2) is 4.98 Å². The van der Waals surface area contributed by atoms with Gasteiger partial charge >= 0.3 is 0 Å². The molecule has 0 radical (unpaired) electrons. The molecule has 0 spiro atoms. The average molecular weight is 781 g/mol. The molecule has 3 aromatic rings. The Hall–Kier alpha value is -2.35. The first-order chi connectivity index (χ1) is 28.2. The molecule has 1 heterocycles. The zero-order valence-corrected chi connectivity index (χ0v) is 38.1. The summed E-state index contributed by atoms with van der Waals surface area (Å²) in [5.74, 6) is 1.70. The SMILES string of the molecule is CCCCCCCCCCCCCCCCCCCC(c1nccn1CCCCCCCCCCCCCCCCC)C(C)(Cc1ccccc1)c1ccccc1. The number of hydrogen-bond acceptors (Lipinski definition) is 1. The Labute approximate surface area is 355 Å². The highest BCUT2D eigenvalue weighted by atomic mass is 15.1. The van der Waals surface area contributed by atoms with E-state index >= 15 is 0 Å². The van der Waals surface area contributed by atoms with Crippen molar-refractivity contribution in [2.75, 3.05) is 0 Å². The van der Waals surface area contributed by atoms with E-state index in [1.54, 1.807) is 0 Å². The van der Waals surface area contributed by atoms with Gasteiger partial charge < -0.3 is 4.57 Å². The number of benzene rings is 2. The first-order valence-electron chi connectivity index (χ1n) is 25.3. The molecule has 0 aliphatic heterocycles. The minimum Gasteiger partial charge on any atom is -0.335 e. The van der Waals surface area contributed by atoms with Crippen LogP contribution in [0.25, 0.3) is 0 Å². The molecule has 2 aromatic carbocycles. The van der Waals surface area contributed by atoms with E-state index in [0.717, 1.165) is 13.0 Å². The number of hydrogen-bond donors (Lipinski definition) is 0. The zero-order chi connectivity index (χ0) is 40.3. The molecule has 0 aliphatic carbocycles.